The number of carbonyl (C=O) groups is 1. The van der Waals surface area contributed by atoms with E-state index >= 15 is 0 Å². The van der Waals surface area contributed by atoms with Gasteiger partial charge in [0.25, 0.3) is 11.5 Å². The molecule has 1 aromatic heterocycles. The molecule has 4 N–H and O–H groups in total. The average Bonchev–Trinajstić information content (AvgIpc) is 3.38. The van der Waals surface area contributed by atoms with E-state index in [-0.39, 0.29) is 35.5 Å². The van der Waals surface area contributed by atoms with Crippen LogP contribution in [0, 0.1) is 5.92 Å². The topological polar surface area (TPSA) is 88.0 Å². The minimum absolute atomic E-state index is 0. The molecule has 1 heterocycles. The second kappa shape index (κ2) is 7.44. The molecular formula is C17H20ClN3O2. The number of aromatic nitrogens is 1. The molecular weight excluding hydrogens is 314 g/mol. The van der Waals surface area contributed by atoms with Gasteiger partial charge in [0.2, 0.25) is 0 Å². The molecule has 6 heteroatoms. The SMILES string of the molecule is Cl.NC(CNC(=O)c1ccc(-c2ccccc2)[nH]c1=O)C1CC1. The van der Waals surface area contributed by atoms with Crippen molar-refractivity contribution >= 4 is 18.3 Å². The Hall–Kier alpha value is -2.11. The Kier molecular flexibility index (Phi) is 5.58. The smallest absolute Gasteiger partial charge is 0.261 e. The quantitative estimate of drug-likeness (QED) is 0.781. The van der Waals surface area contributed by atoms with Gasteiger partial charge in [0.05, 0.1) is 0 Å². The van der Waals surface area contributed by atoms with Gasteiger partial charge in [0.1, 0.15) is 5.56 Å². The number of hydrogen-bond donors (Lipinski definition) is 3. The number of amides is 1. The lowest BCUT2D eigenvalue weighted by Crippen LogP contribution is -2.40. The lowest BCUT2D eigenvalue weighted by atomic mass is 10.1. The molecule has 1 aromatic carbocycles. The number of nitrogens with two attached hydrogens (primary N) is 1. The highest BCUT2D eigenvalue weighted by Crippen LogP contribution is 2.31. The summed E-state index contributed by atoms with van der Waals surface area (Å²) in [5.74, 6) is 0.135. The third-order valence-corrected chi connectivity index (χ3v) is 3.96. The molecule has 1 unspecified atom stereocenters. The first kappa shape index (κ1) is 17.2. The average molecular weight is 334 g/mol. The van der Waals surface area contributed by atoms with E-state index in [1.165, 1.54) is 0 Å². The van der Waals surface area contributed by atoms with Crippen LogP contribution in [0.4, 0.5) is 0 Å². The maximum atomic E-state index is 12.1. The zero-order chi connectivity index (χ0) is 15.5. The molecule has 0 saturated heterocycles. The molecule has 1 amide bonds. The number of pyridine rings is 1. The molecule has 5 nitrogen and oxygen atoms in total. The first-order valence-electron chi connectivity index (χ1n) is 7.47. The molecule has 0 radical (unpaired) electrons. The van der Waals surface area contributed by atoms with Gasteiger partial charge in [0, 0.05) is 18.3 Å². The molecule has 23 heavy (non-hydrogen) atoms. The molecule has 1 aliphatic carbocycles. The van der Waals surface area contributed by atoms with Gasteiger partial charge in [-0.2, -0.15) is 0 Å². The van der Waals surface area contributed by atoms with E-state index in [0.717, 1.165) is 18.4 Å². The van der Waals surface area contributed by atoms with Crippen LogP contribution in [0.2, 0.25) is 0 Å². The lowest BCUT2D eigenvalue weighted by molar-refractivity contribution is 0.0949. The molecule has 2 aromatic rings. The van der Waals surface area contributed by atoms with Crippen molar-refractivity contribution in [2.45, 2.75) is 18.9 Å². The van der Waals surface area contributed by atoms with Crippen LogP contribution in [-0.4, -0.2) is 23.5 Å². The highest BCUT2D eigenvalue weighted by Gasteiger charge is 2.28. The number of halogens is 1. The van der Waals surface area contributed by atoms with Crippen molar-refractivity contribution in [3.8, 4) is 11.3 Å². The highest BCUT2D eigenvalue weighted by atomic mass is 35.5. The van der Waals surface area contributed by atoms with Crippen LogP contribution in [0.25, 0.3) is 11.3 Å². The fourth-order valence-electron chi connectivity index (χ4n) is 2.44. The predicted molar refractivity (Wildman–Crippen MR) is 92.8 cm³/mol. The summed E-state index contributed by atoms with van der Waals surface area (Å²) in [5.41, 5.74) is 7.26. The van der Waals surface area contributed by atoms with Gasteiger partial charge in [-0.25, -0.2) is 0 Å². The Morgan fingerprint density at radius 3 is 2.52 bits per heavy atom. The van der Waals surface area contributed by atoms with Gasteiger partial charge in [-0.3, -0.25) is 9.59 Å². The van der Waals surface area contributed by atoms with E-state index in [1.807, 2.05) is 30.3 Å². The Bertz CT molecular complexity index is 726. The summed E-state index contributed by atoms with van der Waals surface area (Å²) in [4.78, 5) is 26.9. The summed E-state index contributed by atoms with van der Waals surface area (Å²) in [6, 6.07) is 12.8. The van der Waals surface area contributed by atoms with Crippen molar-refractivity contribution in [1.29, 1.82) is 0 Å². The zero-order valence-corrected chi connectivity index (χ0v) is 13.4. The third kappa shape index (κ3) is 4.21. The molecule has 1 aliphatic rings. The van der Waals surface area contributed by atoms with Crippen molar-refractivity contribution in [2.75, 3.05) is 6.54 Å². The second-order valence-electron chi connectivity index (χ2n) is 5.69. The summed E-state index contributed by atoms with van der Waals surface area (Å²) < 4.78 is 0. The number of aromatic amines is 1. The van der Waals surface area contributed by atoms with Crippen LogP contribution < -0.4 is 16.6 Å². The summed E-state index contributed by atoms with van der Waals surface area (Å²) in [7, 11) is 0. The standard InChI is InChI=1S/C17H19N3O2.ClH/c18-14(11-6-7-11)10-19-16(21)13-8-9-15(20-17(13)22)12-4-2-1-3-5-12;/h1-5,8-9,11,14H,6-7,10,18H2,(H,19,21)(H,20,22);1H. The Balaban J connectivity index is 0.00000192. The number of carbonyl (C=O) groups excluding carboxylic acids is 1. The van der Waals surface area contributed by atoms with Gasteiger partial charge in [-0.05, 0) is 36.5 Å². The highest BCUT2D eigenvalue weighted by molar-refractivity contribution is 5.94. The van der Waals surface area contributed by atoms with Gasteiger partial charge in [-0.1, -0.05) is 30.3 Å². The second-order valence-corrected chi connectivity index (χ2v) is 5.69. The molecule has 0 spiro atoms. The van der Waals surface area contributed by atoms with Crippen LogP contribution >= 0.6 is 12.4 Å². The molecule has 1 fully saturated rings. The zero-order valence-electron chi connectivity index (χ0n) is 12.6. The lowest BCUT2D eigenvalue weighted by Gasteiger charge is -2.11. The maximum absolute atomic E-state index is 12.1. The molecule has 1 atom stereocenters. The Morgan fingerprint density at radius 2 is 1.91 bits per heavy atom. The van der Waals surface area contributed by atoms with Crippen LogP contribution in [0.15, 0.2) is 47.3 Å². The number of hydrogen-bond acceptors (Lipinski definition) is 3. The predicted octanol–water partition coefficient (Wildman–Crippen LogP) is 1.93. The van der Waals surface area contributed by atoms with Crippen LogP contribution in [0.5, 0.6) is 0 Å². The Morgan fingerprint density at radius 1 is 1.22 bits per heavy atom. The number of H-pyrrole nitrogens is 1. The van der Waals surface area contributed by atoms with E-state index < -0.39 is 0 Å². The summed E-state index contributed by atoms with van der Waals surface area (Å²) >= 11 is 0. The fourth-order valence-corrected chi connectivity index (χ4v) is 2.44. The number of benzene rings is 1. The van der Waals surface area contributed by atoms with E-state index in [0.29, 0.717) is 18.2 Å². The first-order valence-corrected chi connectivity index (χ1v) is 7.47. The van der Waals surface area contributed by atoms with Crippen molar-refractivity contribution in [2.24, 2.45) is 11.7 Å². The van der Waals surface area contributed by atoms with Gasteiger partial charge in [0.15, 0.2) is 0 Å². The van der Waals surface area contributed by atoms with E-state index in [1.54, 1.807) is 12.1 Å². The molecule has 3 rings (SSSR count). The summed E-state index contributed by atoms with van der Waals surface area (Å²) in [5, 5.41) is 2.74. The van der Waals surface area contributed by atoms with Crippen LogP contribution in [0.3, 0.4) is 0 Å². The molecule has 0 bridgehead atoms. The number of rotatable bonds is 5. The number of nitrogens with one attached hydrogen (secondary N) is 2. The van der Waals surface area contributed by atoms with Crippen LogP contribution in [0.1, 0.15) is 23.2 Å². The van der Waals surface area contributed by atoms with E-state index in [4.69, 9.17) is 5.73 Å². The molecule has 0 aliphatic heterocycles. The first-order chi connectivity index (χ1) is 10.6. The van der Waals surface area contributed by atoms with Crippen molar-refractivity contribution < 1.29 is 4.79 Å². The van der Waals surface area contributed by atoms with Gasteiger partial charge >= 0.3 is 0 Å². The third-order valence-electron chi connectivity index (χ3n) is 3.96. The monoisotopic (exact) mass is 333 g/mol. The normalized spacial score (nSPS) is 14.7. The van der Waals surface area contributed by atoms with Gasteiger partial charge in [-0.15, -0.1) is 12.4 Å². The van der Waals surface area contributed by atoms with Crippen LogP contribution in [-0.2, 0) is 0 Å². The van der Waals surface area contributed by atoms with Crippen molar-refractivity contribution in [3.05, 3.63) is 58.4 Å². The maximum Gasteiger partial charge on any atom is 0.261 e. The van der Waals surface area contributed by atoms with Gasteiger partial charge < -0.3 is 16.0 Å². The Labute approximate surface area is 140 Å². The van der Waals surface area contributed by atoms with Crippen molar-refractivity contribution in [3.63, 3.8) is 0 Å². The minimum Gasteiger partial charge on any atom is -0.350 e. The largest absolute Gasteiger partial charge is 0.350 e. The fraction of sp³-hybridized carbons (Fsp3) is 0.294. The molecule has 1 saturated carbocycles. The summed E-state index contributed by atoms with van der Waals surface area (Å²) in [6.45, 7) is 0.406. The summed E-state index contributed by atoms with van der Waals surface area (Å²) in [6.07, 6.45) is 2.26. The van der Waals surface area contributed by atoms with Crippen molar-refractivity contribution in [1.82, 2.24) is 10.3 Å². The van der Waals surface area contributed by atoms with E-state index in [2.05, 4.69) is 10.3 Å². The van der Waals surface area contributed by atoms with E-state index in [9.17, 15) is 9.59 Å². The molecule has 122 valence electrons. The minimum atomic E-state index is -0.390.